The van der Waals surface area contributed by atoms with E-state index in [1.165, 1.54) is 5.56 Å². The normalized spacial score (nSPS) is 9.81. The third-order valence-electron chi connectivity index (χ3n) is 2.07. The number of halogens is 3. The van der Waals surface area contributed by atoms with Crippen LogP contribution < -0.4 is 3.32 Å². The molecule has 0 unspecified atom stereocenters. The van der Waals surface area contributed by atoms with Crippen LogP contribution >= 0.6 is 24.8 Å². The summed E-state index contributed by atoms with van der Waals surface area (Å²) in [5.41, 5.74) is 2.39. The summed E-state index contributed by atoms with van der Waals surface area (Å²) in [6.07, 6.45) is 0. The Hall–Kier alpha value is 0.244. The van der Waals surface area contributed by atoms with Crippen molar-refractivity contribution < 1.29 is 26.5 Å². The Morgan fingerprint density at radius 2 is 1.69 bits per heavy atom. The van der Waals surface area contributed by atoms with Crippen molar-refractivity contribution in [2.75, 3.05) is 0 Å². The molecule has 1 nitrogen and oxygen atoms in total. The van der Waals surface area contributed by atoms with Crippen molar-refractivity contribution >= 4 is 24.8 Å². The van der Waals surface area contributed by atoms with Gasteiger partial charge in [-0.3, -0.25) is 0 Å². The summed E-state index contributed by atoms with van der Waals surface area (Å²) in [6.45, 7) is 8.41. The number of benzene rings is 1. The van der Waals surface area contributed by atoms with E-state index in [0.29, 0.717) is 5.75 Å². The molecule has 0 fully saturated rings. The van der Waals surface area contributed by atoms with Gasteiger partial charge in [0.05, 0.1) is 0 Å². The summed E-state index contributed by atoms with van der Waals surface area (Å²) in [5, 5.41) is 0. The van der Waals surface area contributed by atoms with Crippen LogP contribution in [-0.4, -0.2) is 0 Å². The fraction of sp³-hybridized carbons (Fsp3) is 0.455. The smallest absolute Gasteiger partial charge is 0.147 e. The number of hydrogen-bond donors (Lipinski definition) is 0. The van der Waals surface area contributed by atoms with Crippen LogP contribution in [-0.2, 0) is 25.5 Å². The van der Waals surface area contributed by atoms with Gasteiger partial charge in [0, 0.05) is 0 Å². The molecule has 0 saturated heterocycles. The quantitative estimate of drug-likeness (QED) is 0.736. The molecule has 0 N–H and O–H groups in total. The molecule has 1 aromatic carbocycles. The number of rotatable bonds is 2. The van der Waals surface area contributed by atoms with Crippen LogP contribution in [0.2, 0.25) is 0 Å². The topological polar surface area (TPSA) is 9.23 Å². The minimum Gasteiger partial charge on any atom is -0.147 e. The Balaban J connectivity index is 0. The summed E-state index contributed by atoms with van der Waals surface area (Å²) in [5.74, 6) is 0.664. The van der Waals surface area contributed by atoms with Crippen molar-refractivity contribution in [3.05, 3.63) is 29.3 Å². The van der Waals surface area contributed by atoms with Crippen LogP contribution in [0.3, 0.4) is 0 Å². The molecule has 0 atom stereocenters. The van der Waals surface area contributed by atoms with E-state index in [1.54, 1.807) is 0 Å². The van der Waals surface area contributed by atoms with Crippen molar-refractivity contribution in [3.63, 3.8) is 0 Å². The van der Waals surface area contributed by atoms with Crippen LogP contribution in [0.5, 0.6) is 5.75 Å². The van der Waals surface area contributed by atoms with Gasteiger partial charge < -0.3 is 0 Å². The van der Waals surface area contributed by atoms with E-state index < -0.39 is 20.1 Å². The molecule has 0 heterocycles. The summed E-state index contributed by atoms with van der Waals surface area (Å²) >= 11 is -1.75. The second kappa shape index (κ2) is 7.55. The average molecular weight is 303 g/mol. The van der Waals surface area contributed by atoms with E-state index in [9.17, 15) is 3.09 Å². The summed E-state index contributed by atoms with van der Waals surface area (Å²) in [4.78, 5) is 0. The minimum atomic E-state index is -1.75. The summed E-state index contributed by atoms with van der Waals surface area (Å²) < 4.78 is 17.1. The molecular formula is C11H17Cl2FOTi. The van der Waals surface area contributed by atoms with Gasteiger partial charge in [0.2, 0.25) is 0 Å². The first-order valence-electron chi connectivity index (χ1n) is 4.58. The van der Waals surface area contributed by atoms with Gasteiger partial charge in [0.15, 0.2) is 0 Å². The Morgan fingerprint density at radius 1 is 1.12 bits per heavy atom. The molecule has 0 aliphatic carbocycles. The molecule has 16 heavy (non-hydrogen) atoms. The first kappa shape index (κ1) is 18.6. The molecule has 0 amide bonds. The maximum atomic E-state index is 12.1. The van der Waals surface area contributed by atoms with Gasteiger partial charge in [0.25, 0.3) is 0 Å². The van der Waals surface area contributed by atoms with Gasteiger partial charge in [-0.2, -0.15) is 0 Å². The molecule has 0 bridgehead atoms. The van der Waals surface area contributed by atoms with Crippen molar-refractivity contribution in [3.8, 4) is 5.75 Å². The van der Waals surface area contributed by atoms with Gasteiger partial charge >= 0.3 is 94.7 Å². The van der Waals surface area contributed by atoms with Crippen LogP contribution in [0.1, 0.15) is 31.9 Å². The second-order valence-electron chi connectivity index (χ2n) is 4.46. The van der Waals surface area contributed by atoms with Crippen LogP contribution in [0.15, 0.2) is 18.2 Å². The maximum Gasteiger partial charge on any atom is -0.147 e. The van der Waals surface area contributed by atoms with E-state index in [0.717, 1.165) is 5.56 Å². The minimum absolute atomic E-state index is 0. The van der Waals surface area contributed by atoms with Crippen LogP contribution in [0.4, 0.5) is 3.09 Å². The monoisotopic (exact) mass is 302 g/mol. The fourth-order valence-electron chi connectivity index (χ4n) is 1.28. The van der Waals surface area contributed by atoms with Crippen molar-refractivity contribution in [1.29, 1.82) is 0 Å². The molecule has 0 spiro atoms. The van der Waals surface area contributed by atoms with E-state index in [1.807, 2.05) is 19.1 Å². The molecule has 5 heteroatoms. The molecule has 0 saturated carbocycles. The second-order valence-corrected chi connectivity index (χ2v) is 5.02. The summed E-state index contributed by atoms with van der Waals surface area (Å²) in [6, 6.07) is 5.92. The van der Waals surface area contributed by atoms with Crippen molar-refractivity contribution in [2.45, 2.75) is 33.1 Å². The molecule has 0 radical (unpaired) electrons. The third-order valence-corrected chi connectivity index (χ3v) is 2.56. The molecule has 1 rings (SSSR count). The van der Waals surface area contributed by atoms with Crippen molar-refractivity contribution in [1.82, 2.24) is 0 Å². The predicted octanol–water partition coefficient (Wildman–Crippen LogP) is 4.40. The average Bonchev–Trinajstić information content (AvgIpc) is 2.02. The standard InChI is InChI=1S/C11H16O.2ClH.FH.Ti/c1-8-5-9(11(2,3)4)7-10(12)6-8;;;;/h5-7,12H,1-4H3;3*1H;/q;;;;+2/p-2. The molecule has 0 aromatic heterocycles. The zero-order chi connectivity index (χ0) is 10.8. The molecule has 0 aliphatic rings. The maximum absolute atomic E-state index is 12.1. The molecular weight excluding hydrogens is 286 g/mol. The Bertz CT molecular complexity index is 326. The molecule has 1 aromatic rings. The predicted molar refractivity (Wildman–Crippen MR) is 66.1 cm³/mol. The van der Waals surface area contributed by atoms with E-state index in [2.05, 4.69) is 26.8 Å². The fourth-order valence-corrected chi connectivity index (χ4v) is 1.61. The van der Waals surface area contributed by atoms with Crippen LogP contribution in [0.25, 0.3) is 0 Å². The van der Waals surface area contributed by atoms with Crippen LogP contribution in [0, 0.1) is 6.92 Å². The first-order chi connectivity index (χ1) is 6.43. The Kier molecular flexibility index (Phi) is 8.78. The van der Waals surface area contributed by atoms with Gasteiger partial charge in [-0.25, -0.2) is 0 Å². The third kappa shape index (κ3) is 5.54. The summed E-state index contributed by atoms with van der Waals surface area (Å²) in [7, 11) is 0. The van der Waals surface area contributed by atoms with Gasteiger partial charge in [-0.15, -0.1) is 24.8 Å². The first-order valence-corrected chi connectivity index (χ1v) is 5.81. The Labute approximate surface area is 119 Å². The van der Waals surface area contributed by atoms with E-state index in [4.69, 9.17) is 3.32 Å². The van der Waals surface area contributed by atoms with E-state index >= 15 is 0 Å². The Morgan fingerprint density at radius 3 is 2.12 bits per heavy atom. The zero-order valence-electron chi connectivity index (χ0n) is 9.83. The number of hydrogen-bond acceptors (Lipinski definition) is 1. The largest absolute Gasteiger partial charge is 0.147 e. The van der Waals surface area contributed by atoms with Crippen molar-refractivity contribution in [2.24, 2.45) is 0 Å². The van der Waals surface area contributed by atoms with Gasteiger partial charge in [-0.05, 0) is 0 Å². The SMILES string of the molecule is Cc1cc([O][Ti][F])cc(C(C)(C)C)c1.Cl.Cl. The van der Waals surface area contributed by atoms with Gasteiger partial charge in [-0.1, -0.05) is 0 Å². The molecule has 0 aliphatic heterocycles. The molecule has 92 valence electrons. The number of aryl methyl sites for hydroxylation is 1. The van der Waals surface area contributed by atoms with E-state index in [-0.39, 0.29) is 30.2 Å². The van der Waals surface area contributed by atoms with Gasteiger partial charge in [0.1, 0.15) is 0 Å². The zero-order valence-corrected chi connectivity index (χ0v) is 13.0.